The van der Waals surface area contributed by atoms with Crippen LogP contribution >= 0.6 is 0 Å². The number of nitro benzene ring substituents is 1. The molecule has 0 saturated carbocycles. The van der Waals surface area contributed by atoms with E-state index in [0.29, 0.717) is 18.8 Å². The third-order valence-corrected chi connectivity index (χ3v) is 6.75. The molecule has 1 aliphatic heterocycles. The van der Waals surface area contributed by atoms with Crippen molar-refractivity contribution in [2.75, 3.05) is 17.4 Å². The number of fused-ring (bicyclic) bond motifs is 1. The highest BCUT2D eigenvalue weighted by molar-refractivity contribution is 7.93. The van der Waals surface area contributed by atoms with Gasteiger partial charge >= 0.3 is 0 Å². The predicted molar refractivity (Wildman–Crippen MR) is 111 cm³/mol. The molecule has 0 fully saturated rings. The largest absolute Gasteiger partial charge is 0.311 e. The van der Waals surface area contributed by atoms with Crippen molar-refractivity contribution in [2.24, 2.45) is 0 Å². The lowest BCUT2D eigenvalue weighted by atomic mass is 10.0. The Balaban J connectivity index is 1.82. The lowest BCUT2D eigenvalue weighted by Gasteiger charge is -2.24. The molecular weight excluding hydrogens is 390 g/mol. The third-order valence-electron chi connectivity index (χ3n) is 4.89. The first-order chi connectivity index (χ1) is 14.0. The minimum atomic E-state index is -4.10. The van der Waals surface area contributed by atoms with E-state index in [1.54, 1.807) is 6.07 Å². The summed E-state index contributed by atoms with van der Waals surface area (Å²) in [5.41, 5.74) is 2.95. The van der Waals surface area contributed by atoms with Crippen molar-refractivity contribution < 1.29 is 13.3 Å². The number of anilines is 1. The number of hydrogen-bond acceptors (Lipinski definition) is 5. The molecule has 29 heavy (non-hydrogen) atoms. The third kappa shape index (κ3) is 3.59. The summed E-state index contributed by atoms with van der Waals surface area (Å²) < 4.78 is 28.0. The lowest BCUT2D eigenvalue weighted by Crippen LogP contribution is -2.35. The van der Waals surface area contributed by atoms with Gasteiger partial charge in [0.15, 0.2) is 4.90 Å². The first kappa shape index (κ1) is 19.1. The van der Waals surface area contributed by atoms with Crippen LogP contribution in [0.2, 0.25) is 0 Å². The van der Waals surface area contributed by atoms with Gasteiger partial charge in [0, 0.05) is 25.7 Å². The van der Waals surface area contributed by atoms with E-state index in [4.69, 9.17) is 0 Å². The van der Waals surface area contributed by atoms with Crippen molar-refractivity contribution in [3.8, 4) is 11.1 Å². The van der Waals surface area contributed by atoms with Crippen molar-refractivity contribution in [3.05, 3.63) is 88.5 Å². The maximum absolute atomic E-state index is 13.4. The summed E-state index contributed by atoms with van der Waals surface area (Å²) in [5.74, 6) is 0. The molecule has 7 nitrogen and oxygen atoms in total. The van der Waals surface area contributed by atoms with Gasteiger partial charge in [-0.25, -0.2) is 8.42 Å². The molecule has 0 atom stereocenters. The number of sulfonamides is 1. The van der Waals surface area contributed by atoms with Gasteiger partial charge in [-0.15, -0.1) is 0 Å². The van der Waals surface area contributed by atoms with Crippen molar-refractivity contribution >= 4 is 21.4 Å². The Labute approximate surface area is 168 Å². The summed E-state index contributed by atoms with van der Waals surface area (Å²) in [4.78, 5) is 10.4. The van der Waals surface area contributed by atoms with Crippen LogP contribution < -0.4 is 9.62 Å². The number of nitrogens with one attached hydrogen (secondary N) is 1. The van der Waals surface area contributed by atoms with Crippen LogP contribution in [0.15, 0.2) is 77.7 Å². The van der Waals surface area contributed by atoms with Crippen LogP contribution in [0.25, 0.3) is 11.1 Å². The molecule has 4 rings (SSSR count). The Morgan fingerprint density at radius 2 is 1.66 bits per heavy atom. The van der Waals surface area contributed by atoms with Crippen LogP contribution in [0.3, 0.4) is 0 Å². The number of benzene rings is 3. The smallest absolute Gasteiger partial charge is 0.289 e. The average molecular weight is 409 g/mol. The molecule has 0 amide bonds. The topological polar surface area (TPSA) is 92.5 Å². The Morgan fingerprint density at radius 3 is 2.41 bits per heavy atom. The number of rotatable bonds is 4. The van der Waals surface area contributed by atoms with Crippen LogP contribution in [0, 0.1) is 10.1 Å². The van der Waals surface area contributed by atoms with Crippen molar-refractivity contribution in [3.63, 3.8) is 0 Å². The van der Waals surface area contributed by atoms with Crippen LogP contribution in [0.1, 0.15) is 5.56 Å². The molecule has 1 aliphatic rings. The van der Waals surface area contributed by atoms with Crippen molar-refractivity contribution in [1.29, 1.82) is 0 Å². The van der Waals surface area contributed by atoms with Gasteiger partial charge in [0.2, 0.25) is 0 Å². The average Bonchev–Trinajstić information content (AvgIpc) is 2.96. The van der Waals surface area contributed by atoms with Crippen LogP contribution in [-0.2, 0) is 16.6 Å². The zero-order chi connectivity index (χ0) is 20.4. The molecule has 0 aromatic heterocycles. The predicted octanol–water partition coefficient (Wildman–Crippen LogP) is 3.56. The molecule has 0 radical (unpaired) electrons. The van der Waals surface area contributed by atoms with E-state index in [-0.39, 0.29) is 11.4 Å². The van der Waals surface area contributed by atoms with Gasteiger partial charge in [-0.1, -0.05) is 48.5 Å². The molecule has 1 heterocycles. The van der Waals surface area contributed by atoms with Crippen LogP contribution in [0.4, 0.5) is 11.4 Å². The standard InChI is InChI=1S/C21H19N3O4S/c25-24(26)20-8-4-5-9-21(20)29(27,28)23-13-12-22-15-18-14-17(10-11-19(18)23)16-6-2-1-3-7-16/h1-11,14,22H,12-13,15H2. The zero-order valence-electron chi connectivity index (χ0n) is 15.5. The van der Waals surface area contributed by atoms with Crippen molar-refractivity contribution in [1.82, 2.24) is 5.32 Å². The summed E-state index contributed by atoms with van der Waals surface area (Å²) in [6, 6.07) is 20.9. The fraction of sp³-hybridized carbons (Fsp3) is 0.143. The van der Waals surface area contributed by atoms with E-state index in [2.05, 4.69) is 5.32 Å². The molecule has 148 valence electrons. The van der Waals surface area contributed by atoms with Gasteiger partial charge in [-0.05, 0) is 34.9 Å². The van der Waals surface area contributed by atoms with Gasteiger partial charge in [-0.3, -0.25) is 14.4 Å². The van der Waals surface area contributed by atoms with E-state index < -0.39 is 20.6 Å². The summed E-state index contributed by atoms with van der Waals surface area (Å²) in [7, 11) is -4.10. The molecule has 3 aromatic rings. The van der Waals surface area contributed by atoms with Gasteiger partial charge in [-0.2, -0.15) is 0 Å². The van der Waals surface area contributed by atoms with E-state index in [1.165, 1.54) is 28.6 Å². The monoisotopic (exact) mass is 409 g/mol. The second-order valence-corrected chi connectivity index (χ2v) is 8.52. The molecule has 1 N–H and O–H groups in total. The number of nitrogens with zero attached hydrogens (tertiary/aromatic N) is 2. The van der Waals surface area contributed by atoms with Gasteiger partial charge < -0.3 is 5.32 Å². The summed E-state index contributed by atoms with van der Waals surface area (Å²) >= 11 is 0. The lowest BCUT2D eigenvalue weighted by molar-refractivity contribution is -0.387. The molecule has 0 saturated heterocycles. The maximum atomic E-state index is 13.4. The van der Waals surface area contributed by atoms with E-state index in [9.17, 15) is 18.5 Å². The summed E-state index contributed by atoms with van der Waals surface area (Å²) in [6.07, 6.45) is 0. The number of para-hydroxylation sites is 1. The van der Waals surface area contributed by atoms with Gasteiger partial charge in [0.05, 0.1) is 10.6 Å². The van der Waals surface area contributed by atoms with E-state index >= 15 is 0 Å². The Morgan fingerprint density at radius 1 is 0.931 bits per heavy atom. The normalized spacial score (nSPS) is 14.1. The fourth-order valence-electron chi connectivity index (χ4n) is 3.50. The minimum absolute atomic E-state index is 0.187. The minimum Gasteiger partial charge on any atom is -0.311 e. The van der Waals surface area contributed by atoms with E-state index in [1.807, 2.05) is 42.5 Å². The molecule has 0 unspecified atom stereocenters. The Kier molecular flexibility index (Phi) is 5.04. The quantitative estimate of drug-likeness (QED) is 0.525. The molecule has 8 heteroatoms. The highest BCUT2D eigenvalue weighted by Crippen LogP contribution is 2.34. The first-order valence-corrected chi connectivity index (χ1v) is 10.6. The molecular formula is C21H19N3O4S. The van der Waals surface area contributed by atoms with Gasteiger partial charge in [0.1, 0.15) is 0 Å². The number of nitro groups is 1. The second-order valence-electron chi connectivity index (χ2n) is 6.69. The maximum Gasteiger partial charge on any atom is 0.289 e. The van der Waals surface area contributed by atoms with E-state index in [0.717, 1.165) is 16.7 Å². The Hall–Kier alpha value is -3.23. The highest BCUT2D eigenvalue weighted by Gasteiger charge is 2.33. The second kappa shape index (κ2) is 7.65. The van der Waals surface area contributed by atoms with Gasteiger partial charge in [0.25, 0.3) is 15.7 Å². The fourth-order valence-corrected chi connectivity index (χ4v) is 5.16. The van der Waals surface area contributed by atoms with Crippen LogP contribution in [-0.4, -0.2) is 26.4 Å². The SMILES string of the molecule is O=[N+]([O-])c1ccccc1S(=O)(=O)N1CCNCc2cc(-c3ccccc3)ccc21. The summed E-state index contributed by atoms with van der Waals surface area (Å²) in [6.45, 7) is 1.14. The first-order valence-electron chi connectivity index (χ1n) is 9.14. The molecule has 3 aromatic carbocycles. The summed E-state index contributed by atoms with van der Waals surface area (Å²) in [5, 5.41) is 14.6. The Bertz CT molecular complexity index is 1160. The highest BCUT2D eigenvalue weighted by atomic mass is 32.2. The molecule has 0 bridgehead atoms. The van der Waals surface area contributed by atoms with Crippen LogP contribution in [0.5, 0.6) is 0 Å². The van der Waals surface area contributed by atoms with Crippen molar-refractivity contribution in [2.45, 2.75) is 11.4 Å². The number of hydrogen-bond donors (Lipinski definition) is 1. The molecule has 0 aliphatic carbocycles. The zero-order valence-corrected chi connectivity index (χ0v) is 16.3. The molecule has 0 spiro atoms.